The molecule has 1 aliphatic rings. The number of aromatic nitrogens is 1. The van der Waals surface area contributed by atoms with Crippen LogP contribution in [-0.2, 0) is 0 Å². The maximum Gasteiger partial charge on any atom is 0.256 e. The van der Waals surface area contributed by atoms with Gasteiger partial charge in [-0.25, -0.2) is 0 Å². The summed E-state index contributed by atoms with van der Waals surface area (Å²) >= 11 is 0. The molecule has 0 bridgehead atoms. The number of pyridine rings is 1. The van der Waals surface area contributed by atoms with E-state index in [9.17, 15) is 9.90 Å². The van der Waals surface area contributed by atoms with Crippen molar-refractivity contribution in [2.75, 3.05) is 18.1 Å². The van der Waals surface area contributed by atoms with Gasteiger partial charge >= 0.3 is 0 Å². The second-order valence-corrected chi connectivity index (χ2v) is 6.68. The molecule has 0 aliphatic carbocycles. The lowest BCUT2D eigenvalue weighted by molar-refractivity contribution is 0.240. The molecule has 1 aliphatic heterocycles. The summed E-state index contributed by atoms with van der Waals surface area (Å²) in [7, 11) is 0. The van der Waals surface area contributed by atoms with Crippen LogP contribution in [0.25, 0.3) is 22.0 Å². The van der Waals surface area contributed by atoms with E-state index in [2.05, 4.69) is 16.0 Å². The largest absolute Gasteiger partial charge is 0.394 e. The number of aliphatic hydroxyl groups is 1. The third-order valence-corrected chi connectivity index (χ3v) is 5.08. The normalized spacial score (nSPS) is 17.8. The summed E-state index contributed by atoms with van der Waals surface area (Å²) in [6.45, 7) is 1.08. The van der Waals surface area contributed by atoms with Gasteiger partial charge in [-0.3, -0.25) is 4.79 Å². The van der Waals surface area contributed by atoms with Crippen molar-refractivity contribution in [2.24, 2.45) is 0 Å². The number of fused-ring (bicyclic) bond motifs is 1. The molecule has 1 aromatic heterocycles. The second-order valence-electron chi connectivity index (χ2n) is 6.68. The maximum absolute atomic E-state index is 12.6. The van der Waals surface area contributed by atoms with Crippen molar-refractivity contribution in [1.29, 1.82) is 0 Å². The van der Waals surface area contributed by atoms with Crippen molar-refractivity contribution >= 4 is 16.5 Å². The van der Waals surface area contributed by atoms with Crippen LogP contribution < -0.4 is 10.5 Å². The van der Waals surface area contributed by atoms with Gasteiger partial charge < -0.3 is 15.0 Å². The van der Waals surface area contributed by atoms with Crippen LogP contribution in [0.3, 0.4) is 0 Å². The van der Waals surface area contributed by atoms with E-state index >= 15 is 0 Å². The highest BCUT2D eigenvalue weighted by Crippen LogP contribution is 2.28. The number of nitrogens with zero attached hydrogens (tertiary/aromatic N) is 1. The minimum Gasteiger partial charge on any atom is -0.394 e. The first-order valence-corrected chi connectivity index (χ1v) is 8.86. The number of rotatable bonds is 3. The molecule has 4 heteroatoms. The van der Waals surface area contributed by atoms with Crippen LogP contribution in [-0.4, -0.2) is 29.3 Å². The molecule has 0 radical (unpaired) electrons. The van der Waals surface area contributed by atoms with Gasteiger partial charge in [0.2, 0.25) is 0 Å². The number of benzene rings is 2. The fourth-order valence-corrected chi connectivity index (χ4v) is 3.73. The number of aliphatic hydroxyl groups excluding tert-OH is 1. The van der Waals surface area contributed by atoms with E-state index in [0.29, 0.717) is 5.39 Å². The monoisotopic (exact) mass is 334 g/mol. The Hall–Kier alpha value is -2.59. The number of nitrogens with one attached hydrogen (secondary N) is 1. The van der Waals surface area contributed by atoms with E-state index in [1.807, 2.05) is 48.5 Å². The third-order valence-electron chi connectivity index (χ3n) is 5.08. The van der Waals surface area contributed by atoms with Crippen molar-refractivity contribution in [2.45, 2.75) is 25.3 Å². The molecular weight excluding hydrogens is 312 g/mol. The Morgan fingerprint density at radius 2 is 1.92 bits per heavy atom. The summed E-state index contributed by atoms with van der Waals surface area (Å²) in [6.07, 6.45) is 3.27. The van der Waals surface area contributed by atoms with Gasteiger partial charge in [-0.1, -0.05) is 36.4 Å². The van der Waals surface area contributed by atoms with E-state index in [-0.39, 0.29) is 18.2 Å². The lowest BCUT2D eigenvalue weighted by Crippen LogP contribution is -2.41. The predicted octanol–water partition coefficient (Wildman–Crippen LogP) is 3.55. The first-order chi connectivity index (χ1) is 12.3. The standard InChI is InChI=1S/C21H22N2O2/c24-14-18-8-4-5-11-23(18)17-10-9-16-12-20(15-6-2-1-3-7-15)22-21(25)19(16)13-17/h1-3,6-7,9-10,12-13,18,24H,4-5,8,11,14H2,(H,22,25). The molecule has 0 saturated carbocycles. The fraction of sp³-hybridized carbons (Fsp3) is 0.286. The van der Waals surface area contributed by atoms with Gasteiger partial charge in [-0.05, 0) is 48.4 Å². The average Bonchev–Trinajstić information content (AvgIpc) is 2.68. The van der Waals surface area contributed by atoms with Gasteiger partial charge in [-0.15, -0.1) is 0 Å². The number of H-pyrrole nitrogens is 1. The molecule has 1 fully saturated rings. The van der Waals surface area contributed by atoms with Crippen LogP contribution in [0.4, 0.5) is 5.69 Å². The number of aromatic amines is 1. The Balaban J connectivity index is 1.77. The second kappa shape index (κ2) is 6.73. The topological polar surface area (TPSA) is 56.3 Å². The molecule has 128 valence electrons. The number of hydrogen-bond donors (Lipinski definition) is 2. The third kappa shape index (κ3) is 3.05. The Labute approximate surface area is 146 Å². The van der Waals surface area contributed by atoms with Crippen LogP contribution in [0, 0.1) is 0 Å². The van der Waals surface area contributed by atoms with E-state index in [1.54, 1.807) is 0 Å². The molecule has 2 N–H and O–H groups in total. The zero-order valence-electron chi connectivity index (χ0n) is 14.1. The van der Waals surface area contributed by atoms with Gasteiger partial charge in [0.1, 0.15) is 0 Å². The molecule has 0 amide bonds. The summed E-state index contributed by atoms with van der Waals surface area (Å²) in [5.41, 5.74) is 2.78. The van der Waals surface area contributed by atoms with Gasteiger partial charge in [0, 0.05) is 23.3 Å². The lowest BCUT2D eigenvalue weighted by atomic mass is 10.0. The van der Waals surface area contributed by atoms with Gasteiger partial charge in [0.25, 0.3) is 5.56 Å². The first-order valence-electron chi connectivity index (χ1n) is 8.86. The van der Waals surface area contributed by atoms with Crippen molar-refractivity contribution in [3.8, 4) is 11.3 Å². The Kier molecular flexibility index (Phi) is 4.28. The Bertz CT molecular complexity index is 934. The number of piperidine rings is 1. The van der Waals surface area contributed by atoms with Crippen LogP contribution in [0.2, 0.25) is 0 Å². The van der Waals surface area contributed by atoms with Gasteiger partial charge in [-0.2, -0.15) is 0 Å². The molecular formula is C21H22N2O2. The SMILES string of the molecule is O=c1[nH]c(-c2ccccc2)cc2ccc(N3CCCCC3CO)cc12. The quantitative estimate of drug-likeness (QED) is 0.770. The number of anilines is 1. The van der Waals surface area contributed by atoms with Crippen molar-refractivity contribution < 1.29 is 5.11 Å². The molecule has 2 aromatic carbocycles. The zero-order valence-corrected chi connectivity index (χ0v) is 14.1. The molecule has 4 nitrogen and oxygen atoms in total. The molecule has 25 heavy (non-hydrogen) atoms. The summed E-state index contributed by atoms with van der Waals surface area (Å²) < 4.78 is 0. The summed E-state index contributed by atoms with van der Waals surface area (Å²) in [6, 6.07) is 18.1. The number of hydrogen-bond acceptors (Lipinski definition) is 3. The minimum atomic E-state index is -0.0734. The van der Waals surface area contributed by atoms with Crippen molar-refractivity contribution in [1.82, 2.24) is 4.98 Å². The van der Waals surface area contributed by atoms with Gasteiger partial charge in [0.15, 0.2) is 0 Å². The van der Waals surface area contributed by atoms with Gasteiger partial charge in [0.05, 0.1) is 12.6 Å². The van der Waals surface area contributed by atoms with Crippen LogP contribution >= 0.6 is 0 Å². The Morgan fingerprint density at radius 1 is 1.08 bits per heavy atom. The average molecular weight is 334 g/mol. The van der Waals surface area contributed by atoms with Crippen molar-refractivity contribution in [3.05, 3.63) is 65.0 Å². The van der Waals surface area contributed by atoms with E-state index in [1.165, 1.54) is 0 Å². The van der Waals surface area contributed by atoms with E-state index < -0.39 is 0 Å². The molecule has 0 spiro atoms. The van der Waals surface area contributed by atoms with Crippen molar-refractivity contribution in [3.63, 3.8) is 0 Å². The molecule has 1 unspecified atom stereocenters. The summed E-state index contributed by atoms with van der Waals surface area (Å²) in [5.74, 6) is 0. The Morgan fingerprint density at radius 3 is 2.72 bits per heavy atom. The molecule has 3 aromatic rings. The summed E-state index contributed by atoms with van der Waals surface area (Å²) in [5, 5.41) is 11.3. The zero-order chi connectivity index (χ0) is 17.2. The highest BCUT2D eigenvalue weighted by Gasteiger charge is 2.22. The molecule has 1 saturated heterocycles. The van der Waals surface area contributed by atoms with Crippen LogP contribution in [0.1, 0.15) is 19.3 Å². The highest BCUT2D eigenvalue weighted by molar-refractivity contribution is 5.88. The fourth-order valence-electron chi connectivity index (χ4n) is 3.73. The summed E-state index contributed by atoms with van der Waals surface area (Å²) in [4.78, 5) is 17.9. The van der Waals surface area contributed by atoms with Crippen LogP contribution in [0.5, 0.6) is 0 Å². The van der Waals surface area contributed by atoms with Crippen LogP contribution in [0.15, 0.2) is 59.4 Å². The smallest absolute Gasteiger partial charge is 0.256 e. The molecule has 2 heterocycles. The van der Waals surface area contributed by atoms with E-state index in [0.717, 1.165) is 48.1 Å². The first kappa shape index (κ1) is 15.9. The van der Waals surface area contributed by atoms with E-state index in [4.69, 9.17) is 0 Å². The predicted molar refractivity (Wildman–Crippen MR) is 102 cm³/mol. The maximum atomic E-state index is 12.6. The minimum absolute atomic E-state index is 0.0734. The molecule has 4 rings (SSSR count). The molecule has 1 atom stereocenters. The lowest BCUT2D eigenvalue weighted by Gasteiger charge is -2.36. The highest BCUT2D eigenvalue weighted by atomic mass is 16.3.